The van der Waals surface area contributed by atoms with E-state index in [2.05, 4.69) is 5.32 Å². The number of nitrogens with zero attached hydrogens (tertiary/aromatic N) is 2. The fourth-order valence-corrected chi connectivity index (χ4v) is 6.08. The molecule has 0 spiro atoms. The van der Waals surface area contributed by atoms with Crippen LogP contribution >= 0.6 is 0 Å². The van der Waals surface area contributed by atoms with Gasteiger partial charge in [-0.1, -0.05) is 68.8 Å². The van der Waals surface area contributed by atoms with Gasteiger partial charge in [-0.2, -0.15) is 0 Å². The molecule has 3 aromatic rings. The van der Waals surface area contributed by atoms with Crippen LogP contribution in [0.1, 0.15) is 49.4 Å². The standard InChI is InChI=1S/C33H43N3O5S/c1-8-29(33(38)34-20-23(2)3)35(21-27-12-10-9-11-26(27)6)32(37)22-36(30-19-25(5)15-18-31(30)41-7)42(39,40)28-16-13-24(4)14-17-28/h9-19,23,29H,8,20-22H2,1-7H3,(H,34,38)/t29-/m1/s1. The number of ether oxygens (including phenoxy) is 1. The number of anilines is 1. The van der Waals surface area contributed by atoms with Crippen LogP contribution in [0.15, 0.2) is 71.6 Å². The van der Waals surface area contributed by atoms with Crippen LogP contribution in [-0.4, -0.2) is 51.4 Å². The third kappa shape index (κ3) is 7.91. The van der Waals surface area contributed by atoms with E-state index in [1.54, 1.807) is 24.3 Å². The van der Waals surface area contributed by atoms with Gasteiger partial charge in [-0.05, 0) is 74.1 Å². The molecule has 0 aliphatic carbocycles. The van der Waals surface area contributed by atoms with Gasteiger partial charge in [0.25, 0.3) is 10.0 Å². The van der Waals surface area contributed by atoms with Crippen molar-refractivity contribution >= 4 is 27.5 Å². The summed E-state index contributed by atoms with van der Waals surface area (Å²) >= 11 is 0. The van der Waals surface area contributed by atoms with Crippen molar-refractivity contribution in [3.8, 4) is 5.75 Å². The van der Waals surface area contributed by atoms with Crippen LogP contribution in [0, 0.1) is 26.7 Å². The molecule has 3 aromatic carbocycles. The molecule has 0 saturated carbocycles. The van der Waals surface area contributed by atoms with Gasteiger partial charge in [0.1, 0.15) is 18.3 Å². The van der Waals surface area contributed by atoms with Crippen molar-refractivity contribution in [2.45, 2.75) is 65.4 Å². The van der Waals surface area contributed by atoms with E-state index in [9.17, 15) is 18.0 Å². The highest BCUT2D eigenvalue weighted by Crippen LogP contribution is 2.34. The normalized spacial score (nSPS) is 12.1. The Morgan fingerprint density at radius 3 is 2.17 bits per heavy atom. The maximum absolute atomic E-state index is 14.3. The first-order chi connectivity index (χ1) is 19.9. The predicted molar refractivity (Wildman–Crippen MR) is 167 cm³/mol. The maximum atomic E-state index is 14.3. The Morgan fingerprint density at radius 1 is 0.929 bits per heavy atom. The number of carbonyl (C=O) groups excluding carboxylic acids is 2. The Morgan fingerprint density at radius 2 is 1.57 bits per heavy atom. The molecule has 0 aromatic heterocycles. The van der Waals surface area contributed by atoms with Gasteiger partial charge in [0.2, 0.25) is 11.8 Å². The summed E-state index contributed by atoms with van der Waals surface area (Å²) in [6, 6.07) is 18.6. The molecular weight excluding hydrogens is 550 g/mol. The van der Waals surface area contributed by atoms with Crippen LogP contribution < -0.4 is 14.4 Å². The lowest BCUT2D eigenvalue weighted by Crippen LogP contribution is -2.52. The minimum Gasteiger partial charge on any atom is -0.495 e. The summed E-state index contributed by atoms with van der Waals surface area (Å²) in [6.45, 7) is 11.6. The molecule has 0 aliphatic rings. The lowest BCUT2D eigenvalue weighted by molar-refractivity contribution is -0.140. The second-order valence-corrected chi connectivity index (χ2v) is 12.9. The Hall–Kier alpha value is -3.85. The molecule has 0 bridgehead atoms. The Bertz CT molecular complexity index is 1490. The molecule has 2 amide bonds. The second kappa shape index (κ2) is 14.4. The van der Waals surface area contributed by atoms with E-state index in [0.29, 0.717) is 18.7 Å². The fourth-order valence-electron chi connectivity index (χ4n) is 4.66. The van der Waals surface area contributed by atoms with E-state index in [-0.39, 0.29) is 29.0 Å². The lowest BCUT2D eigenvalue weighted by Gasteiger charge is -2.34. The number of aryl methyl sites for hydroxylation is 3. The molecule has 0 heterocycles. The highest BCUT2D eigenvalue weighted by atomic mass is 32.2. The monoisotopic (exact) mass is 593 g/mol. The Labute approximate surface area is 250 Å². The van der Waals surface area contributed by atoms with Gasteiger partial charge in [-0.15, -0.1) is 0 Å². The minimum atomic E-state index is -4.20. The number of sulfonamides is 1. The van der Waals surface area contributed by atoms with Gasteiger partial charge >= 0.3 is 0 Å². The average Bonchev–Trinajstić information content (AvgIpc) is 2.95. The largest absolute Gasteiger partial charge is 0.495 e. The van der Waals surface area contributed by atoms with E-state index in [1.165, 1.54) is 24.1 Å². The van der Waals surface area contributed by atoms with E-state index < -0.39 is 28.5 Å². The van der Waals surface area contributed by atoms with E-state index in [0.717, 1.165) is 26.6 Å². The molecule has 0 fully saturated rings. The zero-order valence-electron chi connectivity index (χ0n) is 25.7. The molecule has 1 N–H and O–H groups in total. The predicted octanol–water partition coefficient (Wildman–Crippen LogP) is 5.40. The molecule has 42 heavy (non-hydrogen) atoms. The fraction of sp³-hybridized carbons (Fsp3) is 0.394. The summed E-state index contributed by atoms with van der Waals surface area (Å²) in [5, 5.41) is 2.96. The number of benzene rings is 3. The smallest absolute Gasteiger partial charge is 0.264 e. The van der Waals surface area contributed by atoms with Crippen molar-refractivity contribution in [3.63, 3.8) is 0 Å². The first-order valence-electron chi connectivity index (χ1n) is 14.2. The topological polar surface area (TPSA) is 96.0 Å². The van der Waals surface area contributed by atoms with Gasteiger partial charge in [0, 0.05) is 13.1 Å². The molecule has 0 aliphatic heterocycles. The number of hydrogen-bond acceptors (Lipinski definition) is 5. The van der Waals surface area contributed by atoms with Crippen molar-refractivity contribution in [2.24, 2.45) is 5.92 Å². The summed E-state index contributed by atoms with van der Waals surface area (Å²) < 4.78 is 35.0. The summed E-state index contributed by atoms with van der Waals surface area (Å²) in [5.74, 6) is -0.217. The van der Waals surface area contributed by atoms with Crippen molar-refractivity contribution in [3.05, 3.63) is 89.0 Å². The van der Waals surface area contributed by atoms with Crippen LogP contribution in [0.2, 0.25) is 0 Å². The number of methoxy groups -OCH3 is 1. The third-order valence-corrected chi connectivity index (χ3v) is 8.94. The molecule has 226 valence electrons. The molecule has 0 saturated heterocycles. The van der Waals surface area contributed by atoms with Crippen LogP contribution in [0.5, 0.6) is 5.75 Å². The summed E-state index contributed by atoms with van der Waals surface area (Å²) in [6.07, 6.45) is 0.361. The third-order valence-electron chi connectivity index (χ3n) is 7.16. The summed E-state index contributed by atoms with van der Waals surface area (Å²) in [7, 11) is -2.74. The molecule has 9 heteroatoms. The highest BCUT2D eigenvalue weighted by molar-refractivity contribution is 7.92. The zero-order valence-corrected chi connectivity index (χ0v) is 26.5. The van der Waals surface area contributed by atoms with Crippen LogP contribution in [0.4, 0.5) is 5.69 Å². The van der Waals surface area contributed by atoms with Crippen LogP contribution in [0.25, 0.3) is 0 Å². The maximum Gasteiger partial charge on any atom is 0.264 e. The van der Waals surface area contributed by atoms with Crippen LogP contribution in [0.3, 0.4) is 0 Å². The molecule has 8 nitrogen and oxygen atoms in total. The van der Waals surface area contributed by atoms with Crippen molar-refractivity contribution < 1.29 is 22.7 Å². The van der Waals surface area contributed by atoms with Gasteiger partial charge in [0.05, 0.1) is 17.7 Å². The van der Waals surface area contributed by atoms with Crippen molar-refractivity contribution in [2.75, 3.05) is 24.5 Å². The molecule has 1 atom stereocenters. The summed E-state index contributed by atoms with van der Waals surface area (Å²) in [5.41, 5.74) is 3.81. The van der Waals surface area contributed by atoms with Gasteiger partial charge in [-0.25, -0.2) is 8.42 Å². The second-order valence-electron chi connectivity index (χ2n) is 11.0. The highest BCUT2D eigenvalue weighted by Gasteiger charge is 2.35. The Kier molecular flexibility index (Phi) is 11.2. The lowest BCUT2D eigenvalue weighted by atomic mass is 10.1. The molecule has 3 rings (SSSR count). The Balaban J connectivity index is 2.13. The first kappa shape index (κ1) is 32.7. The van der Waals surface area contributed by atoms with Crippen LogP contribution in [-0.2, 0) is 26.2 Å². The van der Waals surface area contributed by atoms with Crippen molar-refractivity contribution in [1.29, 1.82) is 0 Å². The molecule has 0 radical (unpaired) electrons. The number of rotatable bonds is 13. The molecule has 0 unspecified atom stereocenters. The quantitative estimate of drug-likeness (QED) is 0.287. The first-order valence-corrected chi connectivity index (χ1v) is 15.7. The average molecular weight is 594 g/mol. The van der Waals surface area contributed by atoms with Crippen molar-refractivity contribution in [1.82, 2.24) is 10.2 Å². The van der Waals surface area contributed by atoms with Gasteiger partial charge in [0.15, 0.2) is 0 Å². The number of amides is 2. The minimum absolute atomic E-state index is 0.0524. The van der Waals surface area contributed by atoms with E-state index in [4.69, 9.17) is 4.74 Å². The number of hydrogen-bond donors (Lipinski definition) is 1. The van der Waals surface area contributed by atoms with E-state index >= 15 is 0 Å². The SMILES string of the molecule is CC[C@H](C(=O)NCC(C)C)N(Cc1ccccc1C)C(=O)CN(c1cc(C)ccc1OC)S(=O)(=O)c1ccc(C)cc1. The van der Waals surface area contributed by atoms with Gasteiger partial charge in [-0.3, -0.25) is 13.9 Å². The summed E-state index contributed by atoms with van der Waals surface area (Å²) in [4.78, 5) is 29.2. The van der Waals surface area contributed by atoms with Gasteiger partial charge < -0.3 is 15.0 Å². The zero-order chi connectivity index (χ0) is 31.0. The number of carbonyl (C=O) groups is 2. The van der Waals surface area contributed by atoms with E-state index in [1.807, 2.05) is 71.9 Å². The number of nitrogens with one attached hydrogen (secondary N) is 1. The molecular formula is C33H43N3O5S.